The highest BCUT2D eigenvalue weighted by Crippen LogP contribution is 2.37. The van der Waals surface area contributed by atoms with Crippen molar-refractivity contribution in [2.45, 2.75) is 17.5 Å². The van der Waals surface area contributed by atoms with Gasteiger partial charge in [-0.2, -0.15) is 5.10 Å². The Labute approximate surface area is 229 Å². The molecule has 4 aromatic rings. The Morgan fingerprint density at radius 2 is 1.79 bits per heavy atom. The molecule has 1 saturated heterocycles. The van der Waals surface area contributed by atoms with Gasteiger partial charge in [0.1, 0.15) is 5.56 Å². The number of amides is 1. The summed E-state index contributed by atoms with van der Waals surface area (Å²) < 4.78 is 53.3. The van der Waals surface area contributed by atoms with E-state index in [-0.39, 0.29) is 29.1 Å². The number of rotatable bonds is 6. The number of sulfonamides is 1. The fourth-order valence-electron chi connectivity index (χ4n) is 4.38. The van der Waals surface area contributed by atoms with E-state index in [9.17, 15) is 21.6 Å². The molecule has 0 aliphatic carbocycles. The van der Waals surface area contributed by atoms with Crippen LogP contribution in [0.5, 0.6) is 0 Å². The molecule has 0 radical (unpaired) electrons. The van der Waals surface area contributed by atoms with Gasteiger partial charge in [-0.25, -0.2) is 31.1 Å². The normalized spacial score (nSPS) is 17.1. The first kappa shape index (κ1) is 26.6. The van der Waals surface area contributed by atoms with Crippen LogP contribution in [0.3, 0.4) is 0 Å². The third kappa shape index (κ3) is 4.90. The Morgan fingerprint density at radius 1 is 1.08 bits per heavy atom. The number of halogens is 2. The molecule has 5 rings (SSSR count). The van der Waals surface area contributed by atoms with Gasteiger partial charge in [-0.05, 0) is 31.7 Å². The lowest BCUT2D eigenvalue weighted by molar-refractivity contribution is 0.0939. The molecular formula is C24H21Cl2N5O5S2. The summed E-state index contributed by atoms with van der Waals surface area (Å²) in [5.41, 5.74) is 1.86. The molecule has 0 spiro atoms. The van der Waals surface area contributed by atoms with Gasteiger partial charge in [0.2, 0.25) is 5.03 Å². The van der Waals surface area contributed by atoms with E-state index in [0.29, 0.717) is 32.4 Å². The number of hydrogen-bond donors (Lipinski definition) is 2. The quantitative estimate of drug-likeness (QED) is 0.350. The van der Waals surface area contributed by atoms with Crippen molar-refractivity contribution in [1.82, 2.24) is 24.6 Å². The third-order valence-electron chi connectivity index (χ3n) is 6.21. The van der Waals surface area contributed by atoms with Crippen molar-refractivity contribution < 1.29 is 21.6 Å². The minimum absolute atomic E-state index is 0.0297. The van der Waals surface area contributed by atoms with Gasteiger partial charge in [0, 0.05) is 39.0 Å². The van der Waals surface area contributed by atoms with Gasteiger partial charge < -0.3 is 5.32 Å². The maximum absolute atomic E-state index is 13.4. The van der Waals surface area contributed by atoms with E-state index in [1.54, 1.807) is 48.5 Å². The van der Waals surface area contributed by atoms with Crippen molar-refractivity contribution in [2.24, 2.45) is 0 Å². The highest BCUT2D eigenvalue weighted by molar-refractivity contribution is 7.91. The smallest absolute Gasteiger partial charge is 0.260 e. The second-order valence-corrected chi connectivity index (χ2v) is 13.6. The molecule has 0 unspecified atom stereocenters. The Bertz CT molecular complexity index is 1790. The summed E-state index contributed by atoms with van der Waals surface area (Å²) in [7, 11) is -6.32. The molecule has 2 aromatic carbocycles. The summed E-state index contributed by atoms with van der Waals surface area (Å²) in [6.07, 6.45) is 1.72. The van der Waals surface area contributed by atoms with Gasteiger partial charge >= 0.3 is 0 Å². The summed E-state index contributed by atoms with van der Waals surface area (Å²) in [5.74, 6) is -1.09. The molecule has 1 aliphatic rings. The molecule has 10 nitrogen and oxygen atoms in total. The number of nitrogens with one attached hydrogen (secondary N) is 2. The first-order chi connectivity index (χ1) is 18.0. The summed E-state index contributed by atoms with van der Waals surface area (Å²) in [5, 5.41) is 7.36. The highest BCUT2D eigenvalue weighted by Gasteiger charge is 2.35. The Morgan fingerprint density at radius 3 is 2.42 bits per heavy atom. The number of nitrogens with zero attached hydrogens (tertiary/aromatic N) is 3. The van der Waals surface area contributed by atoms with Crippen LogP contribution in [0, 0.1) is 0 Å². The van der Waals surface area contributed by atoms with Gasteiger partial charge in [0.15, 0.2) is 15.5 Å². The number of sulfone groups is 1. The van der Waals surface area contributed by atoms with Crippen molar-refractivity contribution in [3.63, 3.8) is 0 Å². The van der Waals surface area contributed by atoms with Crippen molar-refractivity contribution in [1.29, 1.82) is 0 Å². The standard InChI is InChI=1S/C24H21Cl2N5O5S2/c1-27-38(35,36)24-20(23(32)29-16-10-11-37(33,34)13-16)22-28-12-18(17-4-2-3-5-19(17)26)21(31(22)30-24)14-6-8-15(25)9-7-14/h2-9,12,16,27H,10-11,13H2,1H3,(H,29,32)/t16-/m1/s1. The zero-order valence-corrected chi connectivity index (χ0v) is 23.0. The van der Waals surface area contributed by atoms with Crippen molar-refractivity contribution in [2.75, 3.05) is 18.6 Å². The van der Waals surface area contributed by atoms with Gasteiger partial charge in [-0.3, -0.25) is 4.79 Å². The molecule has 1 atom stereocenters. The molecule has 1 fully saturated rings. The number of carbonyl (C=O) groups excluding carboxylic acids is 1. The van der Waals surface area contributed by atoms with Crippen LogP contribution in [0.15, 0.2) is 59.8 Å². The molecule has 2 aromatic heterocycles. The zero-order chi connectivity index (χ0) is 27.2. The van der Waals surface area contributed by atoms with Crippen molar-refractivity contribution >= 4 is 54.6 Å². The van der Waals surface area contributed by atoms with Gasteiger partial charge in [-0.15, -0.1) is 0 Å². The van der Waals surface area contributed by atoms with Crippen LogP contribution in [0.1, 0.15) is 16.8 Å². The fraction of sp³-hybridized carbons (Fsp3) is 0.208. The van der Waals surface area contributed by atoms with Crippen LogP contribution in [-0.4, -0.2) is 61.9 Å². The summed E-state index contributed by atoms with van der Waals surface area (Å²) in [4.78, 5) is 17.9. The molecule has 2 N–H and O–H groups in total. The summed E-state index contributed by atoms with van der Waals surface area (Å²) in [6.45, 7) is 0. The minimum Gasteiger partial charge on any atom is -0.348 e. The lowest BCUT2D eigenvalue weighted by Gasteiger charge is -2.14. The number of benzene rings is 2. The average molecular weight is 595 g/mol. The van der Waals surface area contributed by atoms with Crippen molar-refractivity contribution in [3.05, 3.63) is 70.3 Å². The third-order valence-corrected chi connectivity index (χ3v) is 9.89. The van der Waals surface area contributed by atoms with Gasteiger partial charge in [0.05, 0.1) is 17.2 Å². The van der Waals surface area contributed by atoms with E-state index in [1.807, 2.05) is 0 Å². The molecular weight excluding hydrogens is 573 g/mol. The van der Waals surface area contributed by atoms with Gasteiger partial charge in [-0.1, -0.05) is 53.5 Å². The maximum atomic E-state index is 13.4. The predicted octanol–water partition coefficient (Wildman–Crippen LogP) is 3.20. The van der Waals surface area contributed by atoms with E-state index in [2.05, 4.69) is 20.1 Å². The molecule has 14 heteroatoms. The first-order valence-corrected chi connectivity index (χ1v) is 15.4. The van der Waals surface area contributed by atoms with E-state index in [1.165, 1.54) is 17.8 Å². The van der Waals surface area contributed by atoms with Crippen LogP contribution < -0.4 is 10.0 Å². The van der Waals surface area contributed by atoms with E-state index in [0.717, 1.165) is 0 Å². The lowest BCUT2D eigenvalue weighted by Crippen LogP contribution is -2.36. The van der Waals surface area contributed by atoms with E-state index in [4.69, 9.17) is 23.2 Å². The Balaban J connectivity index is 1.79. The van der Waals surface area contributed by atoms with Crippen LogP contribution in [0.25, 0.3) is 28.0 Å². The fourth-order valence-corrected chi connectivity index (χ4v) is 7.25. The first-order valence-electron chi connectivity index (χ1n) is 11.4. The molecule has 0 bridgehead atoms. The largest absolute Gasteiger partial charge is 0.348 e. The van der Waals surface area contributed by atoms with Crippen molar-refractivity contribution in [3.8, 4) is 22.4 Å². The van der Waals surface area contributed by atoms with Gasteiger partial charge in [0.25, 0.3) is 15.9 Å². The van der Waals surface area contributed by atoms with E-state index < -0.39 is 36.8 Å². The second-order valence-electron chi connectivity index (χ2n) is 8.70. The monoisotopic (exact) mass is 593 g/mol. The van der Waals surface area contributed by atoms with Crippen LogP contribution in [0.4, 0.5) is 0 Å². The number of fused-ring (bicyclic) bond motifs is 1. The number of aromatic nitrogens is 3. The SMILES string of the molecule is CNS(=O)(=O)c1nn2c(-c3ccc(Cl)cc3)c(-c3ccccc3Cl)cnc2c1C(=O)N[C@@H]1CCS(=O)(=O)C1. The topological polar surface area (TPSA) is 140 Å². The number of hydrogen-bond acceptors (Lipinski definition) is 7. The predicted molar refractivity (Wildman–Crippen MR) is 145 cm³/mol. The zero-order valence-electron chi connectivity index (χ0n) is 19.9. The highest BCUT2D eigenvalue weighted by atomic mass is 35.5. The minimum atomic E-state index is -4.23. The lowest BCUT2D eigenvalue weighted by atomic mass is 10.0. The molecule has 1 amide bonds. The molecule has 0 saturated carbocycles. The molecule has 3 heterocycles. The Kier molecular flexibility index (Phi) is 6.95. The van der Waals surface area contributed by atoms with Crippen LogP contribution in [0.2, 0.25) is 10.0 Å². The molecule has 198 valence electrons. The van der Waals surface area contributed by atoms with Crippen LogP contribution >= 0.6 is 23.2 Å². The summed E-state index contributed by atoms with van der Waals surface area (Å²) in [6, 6.07) is 13.2. The number of carbonyl (C=O) groups is 1. The Hall–Kier alpha value is -3.03. The average Bonchev–Trinajstić information content (AvgIpc) is 3.44. The molecule has 38 heavy (non-hydrogen) atoms. The maximum Gasteiger partial charge on any atom is 0.260 e. The van der Waals surface area contributed by atoms with E-state index >= 15 is 0 Å². The molecule has 1 aliphatic heterocycles. The second kappa shape index (κ2) is 9.93. The summed E-state index contributed by atoms with van der Waals surface area (Å²) >= 11 is 12.6. The van der Waals surface area contributed by atoms with Crippen LogP contribution in [-0.2, 0) is 19.9 Å².